The van der Waals surface area contributed by atoms with Crippen molar-refractivity contribution >= 4 is 34.6 Å². The lowest BCUT2D eigenvalue weighted by molar-refractivity contribution is 1.07. The maximum atomic E-state index is 6.09. The predicted molar refractivity (Wildman–Crippen MR) is 89.4 cm³/mol. The lowest BCUT2D eigenvalue weighted by atomic mass is 10.2. The van der Waals surface area contributed by atoms with Crippen LogP contribution in [0.4, 0.5) is 11.4 Å². The van der Waals surface area contributed by atoms with Crippen LogP contribution in [-0.2, 0) is 0 Å². The smallest absolute Gasteiger partial charge is 0.0455 e. The predicted octanol–water partition coefficient (Wildman–Crippen LogP) is 5.13. The molecule has 0 spiro atoms. The molecule has 106 valence electrons. The first-order valence-electron chi connectivity index (χ1n) is 6.57. The van der Waals surface area contributed by atoms with E-state index in [1.165, 1.54) is 0 Å². The van der Waals surface area contributed by atoms with Crippen LogP contribution in [0.1, 0.15) is 11.1 Å². The fraction of sp³-hybridized carbons (Fsp3) is 0.250. The summed E-state index contributed by atoms with van der Waals surface area (Å²) in [5.41, 5.74) is 4.27. The molecule has 0 saturated heterocycles. The number of rotatable bonds is 5. The molecular formula is C16H18Cl2N2. The summed E-state index contributed by atoms with van der Waals surface area (Å²) < 4.78 is 0. The van der Waals surface area contributed by atoms with Gasteiger partial charge in [-0.3, -0.25) is 0 Å². The Kier molecular flexibility index (Phi) is 5.16. The topological polar surface area (TPSA) is 24.1 Å². The molecular weight excluding hydrogens is 291 g/mol. The number of hydrogen-bond acceptors (Lipinski definition) is 2. The Bertz CT molecular complexity index is 597. The molecule has 0 heterocycles. The van der Waals surface area contributed by atoms with Crippen LogP contribution in [0.5, 0.6) is 0 Å². The van der Waals surface area contributed by atoms with E-state index in [2.05, 4.69) is 10.6 Å². The first-order valence-corrected chi connectivity index (χ1v) is 7.32. The van der Waals surface area contributed by atoms with E-state index in [1.807, 2.05) is 50.2 Å². The van der Waals surface area contributed by atoms with Gasteiger partial charge in [0.15, 0.2) is 0 Å². The maximum absolute atomic E-state index is 6.09. The van der Waals surface area contributed by atoms with E-state index in [4.69, 9.17) is 23.2 Å². The van der Waals surface area contributed by atoms with E-state index in [0.717, 1.165) is 45.6 Å². The van der Waals surface area contributed by atoms with Crippen LogP contribution in [0.25, 0.3) is 0 Å². The standard InChI is InChI=1S/C16H18Cl2N2/c1-11-6-7-13(10-15(11)18)19-8-9-20-16-5-3-4-14(17)12(16)2/h3-7,10,19-20H,8-9H2,1-2H3. The van der Waals surface area contributed by atoms with Crippen LogP contribution in [0.15, 0.2) is 36.4 Å². The fourth-order valence-electron chi connectivity index (χ4n) is 1.91. The van der Waals surface area contributed by atoms with E-state index in [-0.39, 0.29) is 0 Å². The Hall–Kier alpha value is -1.38. The minimum atomic E-state index is 0.785. The lowest BCUT2D eigenvalue weighted by Crippen LogP contribution is -2.14. The van der Waals surface area contributed by atoms with Gasteiger partial charge < -0.3 is 10.6 Å². The van der Waals surface area contributed by atoms with Gasteiger partial charge in [0.05, 0.1) is 0 Å². The maximum Gasteiger partial charge on any atom is 0.0455 e. The molecule has 0 saturated carbocycles. The number of benzene rings is 2. The van der Waals surface area contributed by atoms with Crippen LogP contribution in [-0.4, -0.2) is 13.1 Å². The van der Waals surface area contributed by atoms with Gasteiger partial charge in [0, 0.05) is 34.5 Å². The summed E-state index contributed by atoms with van der Waals surface area (Å²) in [6.45, 7) is 5.63. The van der Waals surface area contributed by atoms with Gasteiger partial charge in [0.1, 0.15) is 0 Å². The zero-order chi connectivity index (χ0) is 14.5. The first-order chi connectivity index (χ1) is 9.58. The summed E-state index contributed by atoms with van der Waals surface area (Å²) in [5, 5.41) is 8.28. The zero-order valence-corrected chi connectivity index (χ0v) is 13.1. The van der Waals surface area contributed by atoms with Crippen molar-refractivity contribution < 1.29 is 0 Å². The molecule has 0 aliphatic carbocycles. The number of nitrogens with one attached hydrogen (secondary N) is 2. The van der Waals surface area contributed by atoms with Crippen molar-refractivity contribution in [1.82, 2.24) is 0 Å². The minimum Gasteiger partial charge on any atom is -0.383 e. The van der Waals surface area contributed by atoms with Gasteiger partial charge in [0.25, 0.3) is 0 Å². The van der Waals surface area contributed by atoms with E-state index >= 15 is 0 Å². The van der Waals surface area contributed by atoms with Gasteiger partial charge in [-0.1, -0.05) is 35.3 Å². The van der Waals surface area contributed by atoms with Crippen LogP contribution in [0.2, 0.25) is 10.0 Å². The second kappa shape index (κ2) is 6.87. The molecule has 2 aromatic carbocycles. The largest absolute Gasteiger partial charge is 0.383 e. The SMILES string of the molecule is Cc1ccc(NCCNc2cccc(Cl)c2C)cc1Cl. The van der Waals surface area contributed by atoms with Crippen LogP contribution in [0.3, 0.4) is 0 Å². The van der Waals surface area contributed by atoms with Crippen molar-refractivity contribution in [2.45, 2.75) is 13.8 Å². The van der Waals surface area contributed by atoms with E-state index in [9.17, 15) is 0 Å². The molecule has 0 atom stereocenters. The summed E-state index contributed by atoms with van der Waals surface area (Å²) in [5.74, 6) is 0. The Labute approximate surface area is 130 Å². The summed E-state index contributed by atoms with van der Waals surface area (Å²) in [6, 6.07) is 11.9. The molecule has 2 nitrogen and oxygen atoms in total. The third-order valence-corrected chi connectivity index (χ3v) is 4.03. The van der Waals surface area contributed by atoms with Crippen LogP contribution < -0.4 is 10.6 Å². The van der Waals surface area contributed by atoms with Gasteiger partial charge in [-0.05, 0) is 49.2 Å². The number of aryl methyl sites for hydroxylation is 1. The summed E-state index contributed by atoms with van der Waals surface area (Å²) in [7, 11) is 0. The molecule has 0 radical (unpaired) electrons. The normalized spacial score (nSPS) is 10.4. The van der Waals surface area contributed by atoms with Gasteiger partial charge in [-0.25, -0.2) is 0 Å². The lowest BCUT2D eigenvalue weighted by Gasteiger charge is -2.12. The van der Waals surface area contributed by atoms with Crippen molar-refractivity contribution in [3.8, 4) is 0 Å². The van der Waals surface area contributed by atoms with E-state index in [0.29, 0.717) is 0 Å². The van der Waals surface area contributed by atoms with Crippen LogP contribution in [0, 0.1) is 13.8 Å². The third-order valence-electron chi connectivity index (χ3n) is 3.21. The fourth-order valence-corrected chi connectivity index (χ4v) is 2.26. The quantitative estimate of drug-likeness (QED) is 0.748. The zero-order valence-electron chi connectivity index (χ0n) is 11.6. The molecule has 20 heavy (non-hydrogen) atoms. The molecule has 0 bridgehead atoms. The monoisotopic (exact) mass is 308 g/mol. The highest BCUT2D eigenvalue weighted by atomic mass is 35.5. The van der Waals surface area contributed by atoms with Crippen LogP contribution >= 0.6 is 23.2 Å². The molecule has 0 aliphatic heterocycles. The Morgan fingerprint density at radius 3 is 2.40 bits per heavy atom. The summed E-state index contributed by atoms with van der Waals surface area (Å²) in [6.07, 6.45) is 0. The highest BCUT2D eigenvalue weighted by Crippen LogP contribution is 2.23. The molecule has 0 aromatic heterocycles. The second-order valence-electron chi connectivity index (χ2n) is 4.73. The molecule has 2 aromatic rings. The average molecular weight is 309 g/mol. The van der Waals surface area contributed by atoms with Crippen molar-refractivity contribution in [3.05, 3.63) is 57.6 Å². The van der Waals surface area contributed by atoms with E-state index < -0.39 is 0 Å². The van der Waals surface area contributed by atoms with Crippen molar-refractivity contribution in [1.29, 1.82) is 0 Å². The molecule has 2 N–H and O–H groups in total. The molecule has 0 amide bonds. The minimum absolute atomic E-state index is 0.785. The van der Waals surface area contributed by atoms with Crippen molar-refractivity contribution in [2.24, 2.45) is 0 Å². The van der Waals surface area contributed by atoms with Crippen molar-refractivity contribution in [2.75, 3.05) is 23.7 Å². The average Bonchev–Trinajstić information content (AvgIpc) is 2.43. The Morgan fingerprint density at radius 2 is 1.65 bits per heavy atom. The summed E-state index contributed by atoms with van der Waals surface area (Å²) >= 11 is 12.2. The van der Waals surface area contributed by atoms with Gasteiger partial charge >= 0.3 is 0 Å². The van der Waals surface area contributed by atoms with Crippen molar-refractivity contribution in [3.63, 3.8) is 0 Å². The van der Waals surface area contributed by atoms with E-state index in [1.54, 1.807) is 0 Å². The van der Waals surface area contributed by atoms with Gasteiger partial charge in [0.2, 0.25) is 0 Å². The molecule has 0 aliphatic rings. The number of hydrogen-bond donors (Lipinski definition) is 2. The molecule has 4 heteroatoms. The van der Waals surface area contributed by atoms with Gasteiger partial charge in [-0.15, -0.1) is 0 Å². The summed E-state index contributed by atoms with van der Waals surface area (Å²) in [4.78, 5) is 0. The highest BCUT2D eigenvalue weighted by Gasteiger charge is 2.01. The van der Waals surface area contributed by atoms with Gasteiger partial charge in [-0.2, -0.15) is 0 Å². The number of halogens is 2. The molecule has 0 fully saturated rings. The Morgan fingerprint density at radius 1 is 0.900 bits per heavy atom. The Balaban J connectivity index is 1.84. The number of anilines is 2. The second-order valence-corrected chi connectivity index (χ2v) is 5.54. The molecule has 0 unspecified atom stereocenters. The first kappa shape index (κ1) is 15.0. The third kappa shape index (κ3) is 3.81. The molecule has 2 rings (SSSR count). The highest BCUT2D eigenvalue weighted by molar-refractivity contribution is 6.32.